The molecular formula is C24H20F3N5O2. The van der Waals surface area contributed by atoms with Crippen molar-refractivity contribution in [1.82, 2.24) is 15.0 Å². The van der Waals surface area contributed by atoms with E-state index in [0.29, 0.717) is 35.1 Å². The fourth-order valence-electron chi connectivity index (χ4n) is 3.42. The zero-order valence-corrected chi connectivity index (χ0v) is 17.8. The standard InChI is InChI=1S/C24H20F3N5O2/c25-24(26,27)17-4-6-18(7-5-17)31-23(33)32-20-12-30-22-19(20)9-16(11-29-22)15-3-8-21(28-10-15)34-13-14-1-2-14/h3-12,14H,1-2,13H2,(H,29,30)(H2,31,32,33). The van der Waals surface area contributed by atoms with Crippen LogP contribution in [0.25, 0.3) is 22.2 Å². The number of halogens is 3. The second-order valence-electron chi connectivity index (χ2n) is 8.12. The predicted octanol–water partition coefficient (Wildman–Crippen LogP) is 6.08. The Balaban J connectivity index is 1.28. The molecule has 34 heavy (non-hydrogen) atoms. The molecule has 0 atom stereocenters. The van der Waals surface area contributed by atoms with E-state index in [4.69, 9.17) is 4.74 Å². The molecule has 3 heterocycles. The summed E-state index contributed by atoms with van der Waals surface area (Å²) in [6, 6.07) is 9.20. The van der Waals surface area contributed by atoms with E-state index < -0.39 is 17.8 Å². The molecule has 2 amide bonds. The summed E-state index contributed by atoms with van der Waals surface area (Å²) in [6.07, 6.45) is 2.99. The van der Waals surface area contributed by atoms with E-state index in [1.165, 1.54) is 25.0 Å². The maximum Gasteiger partial charge on any atom is 0.416 e. The van der Waals surface area contributed by atoms with Gasteiger partial charge in [-0.25, -0.2) is 14.8 Å². The Kier molecular flexibility index (Phi) is 5.56. The Bertz CT molecular complexity index is 1310. The number of hydrogen-bond acceptors (Lipinski definition) is 4. The maximum atomic E-state index is 12.7. The van der Waals surface area contributed by atoms with Crippen molar-refractivity contribution >= 4 is 28.4 Å². The highest BCUT2D eigenvalue weighted by Crippen LogP contribution is 2.31. The minimum Gasteiger partial charge on any atom is -0.477 e. The van der Waals surface area contributed by atoms with E-state index in [1.54, 1.807) is 18.6 Å². The van der Waals surface area contributed by atoms with Crippen LogP contribution in [0.1, 0.15) is 18.4 Å². The number of nitrogens with zero attached hydrogens (tertiary/aromatic N) is 2. The molecule has 0 aliphatic heterocycles. The third-order valence-corrected chi connectivity index (χ3v) is 5.48. The molecule has 4 aromatic rings. The SMILES string of the molecule is O=C(Nc1ccc(C(F)(F)F)cc1)Nc1c[nH]c2ncc(-c3ccc(OCC4CC4)nc3)cc12. The van der Waals surface area contributed by atoms with Gasteiger partial charge in [0.15, 0.2) is 0 Å². The number of H-pyrrole nitrogens is 1. The minimum atomic E-state index is -4.44. The van der Waals surface area contributed by atoms with Crippen molar-refractivity contribution in [2.45, 2.75) is 19.0 Å². The molecule has 7 nitrogen and oxygen atoms in total. The summed E-state index contributed by atoms with van der Waals surface area (Å²) in [5.41, 5.74) is 2.15. The van der Waals surface area contributed by atoms with Gasteiger partial charge in [0.25, 0.3) is 0 Å². The van der Waals surface area contributed by atoms with Crippen molar-refractivity contribution in [1.29, 1.82) is 0 Å². The largest absolute Gasteiger partial charge is 0.477 e. The van der Waals surface area contributed by atoms with Crippen LogP contribution in [0.4, 0.5) is 29.3 Å². The number of hydrogen-bond donors (Lipinski definition) is 3. The molecule has 5 rings (SSSR count). The molecule has 3 N–H and O–H groups in total. The first-order valence-electron chi connectivity index (χ1n) is 10.7. The molecule has 1 fully saturated rings. The number of fused-ring (bicyclic) bond motifs is 1. The minimum absolute atomic E-state index is 0.235. The number of anilines is 2. The van der Waals surface area contributed by atoms with Crippen molar-refractivity contribution in [3.8, 4) is 17.0 Å². The van der Waals surface area contributed by atoms with Gasteiger partial charge in [-0.3, -0.25) is 0 Å². The summed E-state index contributed by atoms with van der Waals surface area (Å²) in [7, 11) is 0. The molecule has 0 saturated heterocycles. The lowest BCUT2D eigenvalue weighted by Gasteiger charge is -2.10. The number of alkyl halides is 3. The van der Waals surface area contributed by atoms with Crippen molar-refractivity contribution in [2.75, 3.05) is 17.2 Å². The van der Waals surface area contributed by atoms with Gasteiger partial charge in [-0.15, -0.1) is 0 Å². The van der Waals surface area contributed by atoms with Gasteiger partial charge in [0.05, 0.1) is 17.9 Å². The van der Waals surface area contributed by atoms with Gasteiger partial charge >= 0.3 is 12.2 Å². The third kappa shape index (κ3) is 4.95. The Morgan fingerprint density at radius 1 is 1.03 bits per heavy atom. The fourth-order valence-corrected chi connectivity index (χ4v) is 3.42. The molecule has 174 valence electrons. The topological polar surface area (TPSA) is 91.9 Å². The highest BCUT2D eigenvalue weighted by Gasteiger charge is 2.30. The summed E-state index contributed by atoms with van der Waals surface area (Å²) in [5, 5.41) is 5.90. The smallest absolute Gasteiger partial charge is 0.416 e. The zero-order valence-electron chi connectivity index (χ0n) is 17.8. The van der Waals surface area contributed by atoms with Crippen LogP contribution in [0.5, 0.6) is 5.88 Å². The predicted molar refractivity (Wildman–Crippen MR) is 122 cm³/mol. The molecule has 3 aromatic heterocycles. The van der Waals surface area contributed by atoms with E-state index in [0.717, 1.165) is 23.3 Å². The monoisotopic (exact) mass is 467 g/mol. The Labute approximate surface area is 192 Å². The molecule has 0 radical (unpaired) electrons. The number of carbonyl (C=O) groups excluding carboxylic acids is 1. The summed E-state index contributed by atoms with van der Waals surface area (Å²) < 4.78 is 43.8. The normalized spacial score (nSPS) is 13.6. The molecule has 1 aliphatic rings. The van der Waals surface area contributed by atoms with Gasteiger partial charge < -0.3 is 20.4 Å². The highest BCUT2D eigenvalue weighted by molar-refractivity contribution is 6.05. The fraction of sp³-hybridized carbons (Fsp3) is 0.208. The van der Waals surface area contributed by atoms with Crippen LogP contribution in [0.15, 0.2) is 61.1 Å². The number of urea groups is 1. The number of aromatic nitrogens is 3. The average Bonchev–Trinajstić information content (AvgIpc) is 3.58. The van der Waals surface area contributed by atoms with Crippen molar-refractivity contribution in [3.63, 3.8) is 0 Å². The summed E-state index contributed by atoms with van der Waals surface area (Å²) >= 11 is 0. The van der Waals surface area contributed by atoms with Crippen molar-refractivity contribution in [3.05, 3.63) is 66.6 Å². The van der Waals surface area contributed by atoms with Gasteiger partial charge in [0.1, 0.15) is 5.65 Å². The van der Waals surface area contributed by atoms with Crippen LogP contribution in [0.2, 0.25) is 0 Å². The molecule has 10 heteroatoms. The Morgan fingerprint density at radius 3 is 2.47 bits per heavy atom. The second kappa shape index (κ2) is 8.69. The van der Waals surface area contributed by atoms with Crippen LogP contribution in [0.3, 0.4) is 0 Å². The molecule has 0 bridgehead atoms. The van der Waals surface area contributed by atoms with Gasteiger partial charge in [-0.2, -0.15) is 13.2 Å². The number of benzene rings is 1. The second-order valence-corrected chi connectivity index (χ2v) is 8.12. The first-order valence-corrected chi connectivity index (χ1v) is 10.7. The molecule has 1 aliphatic carbocycles. The lowest BCUT2D eigenvalue weighted by atomic mass is 10.1. The number of nitrogens with one attached hydrogen (secondary N) is 3. The molecule has 0 spiro atoms. The summed E-state index contributed by atoms with van der Waals surface area (Å²) in [5.74, 6) is 1.22. The highest BCUT2D eigenvalue weighted by atomic mass is 19.4. The maximum absolute atomic E-state index is 12.7. The van der Waals surface area contributed by atoms with E-state index in [-0.39, 0.29) is 5.69 Å². The summed E-state index contributed by atoms with van der Waals surface area (Å²) in [4.78, 5) is 24.2. The van der Waals surface area contributed by atoms with Crippen molar-refractivity contribution < 1.29 is 22.7 Å². The van der Waals surface area contributed by atoms with Gasteiger partial charge in [-0.05, 0) is 55.2 Å². The van der Waals surface area contributed by atoms with Crippen LogP contribution in [-0.4, -0.2) is 27.6 Å². The zero-order chi connectivity index (χ0) is 23.7. The molecular weight excluding hydrogens is 447 g/mol. The quantitative estimate of drug-likeness (QED) is 0.321. The molecule has 1 aromatic carbocycles. The van der Waals surface area contributed by atoms with Crippen LogP contribution in [0, 0.1) is 5.92 Å². The number of aromatic amines is 1. The van der Waals surface area contributed by atoms with E-state index >= 15 is 0 Å². The number of carbonyl (C=O) groups is 1. The molecule has 0 unspecified atom stereocenters. The Morgan fingerprint density at radius 2 is 1.79 bits per heavy atom. The van der Waals surface area contributed by atoms with E-state index in [9.17, 15) is 18.0 Å². The van der Waals surface area contributed by atoms with Crippen LogP contribution in [-0.2, 0) is 6.18 Å². The number of rotatable bonds is 6. The van der Waals surface area contributed by atoms with E-state index in [1.807, 2.05) is 18.2 Å². The first kappa shape index (κ1) is 21.7. The average molecular weight is 467 g/mol. The van der Waals surface area contributed by atoms with Crippen LogP contribution >= 0.6 is 0 Å². The Hall–Kier alpha value is -4.08. The summed E-state index contributed by atoms with van der Waals surface area (Å²) in [6.45, 7) is 0.687. The van der Waals surface area contributed by atoms with Crippen molar-refractivity contribution in [2.24, 2.45) is 5.92 Å². The van der Waals surface area contributed by atoms with Crippen LogP contribution < -0.4 is 15.4 Å². The van der Waals surface area contributed by atoms with Gasteiger partial charge in [0.2, 0.25) is 5.88 Å². The third-order valence-electron chi connectivity index (χ3n) is 5.48. The van der Waals surface area contributed by atoms with E-state index in [2.05, 4.69) is 25.6 Å². The first-order chi connectivity index (χ1) is 16.3. The number of amides is 2. The number of pyridine rings is 2. The lowest BCUT2D eigenvalue weighted by Crippen LogP contribution is -2.19. The van der Waals surface area contributed by atoms with Gasteiger partial charge in [0, 0.05) is 46.9 Å². The van der Waals surface area contributed by atoms with Gasteiger partial charge in [-0.1, -0.05) is 0 Å². The lowest BCUT2D eigenvalue weighted by molar-refractivity contribution is -0.137. The number of ether oxygens (including phenoxy) is 1. The molecule has 1 saturated carbocycles.